The summed E-state index contributed by atoms with van der Waals surface area (Å²) in [4.78, 5) is 48.8. The Kier molecular flexibility index (Phi) is 7.32. The molecule has 4 aromatic rings. The van der Waals surface area contributed by atoms with Gasteiger partial charge in [0, 0.05) is 12.5 Å². The topological polar surface area (TPSA) is 123 Å². The molecule has 9 nitrogen and oxygen atoms in total. The molecule has 0 bridgehead atoms. The third kappa shape index (κ3) is 6.18. The molecule has 2 aromatic heterocycles. The first-order valence-electron chi connectivity index (χ1n) is 10.6. The Labute approximate surface area is 204 Å². The van der Waals surface area contributed by atoms with Crippen LogP contribution < -0.4 is 15.6 Å². The summed E-state index contributed by atoms with van der Waals surface area (Å²) >= 11 is 0.997. The first-order valence-corrected chi connectivity index (χ1v) is 11.5. The van der Waals surface area contributed by atoms with Crippen molar-refractivity contribution in [1.29, 1.82) is 0 Å². The molecule has 0 unspecified atom stereocenters. The fourth-order valence-electron chi connectivity index (χ4n) is 3.23. The highest BCUT2D eigenvalue weighted by atomic mass is 32.1. The van der Waals surface area contributed by atoms with E-state index in [0.29, 0.717) is 23.7 Å². The lowest BCUT2D eigenvalue weighted by molar-refractivity contribution is 0.0477. The molecule has 0 aliphatic carbocycles. The number of hydrogen-bond donors (Lipinski definition) is 2. The van der Waals surface area contributed by atoms with Crippen LogP contribution >= 0.6 is 11.3 Å². The molecule has 0 fully saturated rings. The zero-order valence-electron chi connectivity index (χ0n) is 19.0. The molecule has 0 saturated heterocycles. The fraction of sp³-hybridized carbons (Fsp3) is 0.160. The van der Waals surface area contributed by atoms with Gasteiger partial charge in [-0.3, -0.25) is 14.9 Å². The summed E-state index contributed by atoms with van der Waals surface area (Å²) in [6, 6.07) is 17.7. The number of rotatable bonds is 8. The monoisotopic (exact) mass is 490 g/mol. The maximum Gasteiger partial charge on any atom is 0.350 e. The number of anilines is 1. The zero-order valence-corrected chi connectivity index (χ0v) is 19.8. The molecule has 10 heteroatoms. The number of aromatic nitrogens is 3. The van der Waals surface area contributed by atoms with E-state index >= 15 is 0 Å². The maximum absolute atomic E-state index is 12.8. The van der Waals surface area contributed by atoms with Gasteiger partial charge < -0.3 is 14.5 Å². The Morgan fingerprint density at radius 3 is 2.49 bits per heavy atom. The van der Waals surface area contributed by atoms with E-state index in [1.54, 1.807) is 26.2 Å². The first-order chi connectivity index (χ1) is 16.9. The molecule has 0 atom stereocenters. The van der Waals surface area contributed by atoms with E-state index in [0.717, 1.165) is 28.5 Å². The zero-order chi connectivity index (χ0) is 24.8. The van der Waals surface area contributed by atoms with Crippen LogP contribution in [0.5, 0.6) is 5.75 Å². The van der Waals surface area contributed by atoms with Crippen molar-refractivity contribution in [2.24, 2.45) is 0 Å². The van der Waals surface area contributed by atoms with Crippen molar-refractivity contribution in [3.63, 3.8) is 0 Å². The van der Waals surface area contributed by atoms with Crippen LogP contribution in [0.4, 0.5) is 5.13 Å². The number of thiazole rings is 1. The van der Waals surface area contributed by atoms with Crippen molar-refractivity contribution in [3.8, 4) is 5.75 Å². The molecule has 0 radical (unpaired) electrons. The second kappa shape index (κ2) is 10.7. The van der Waals surface area contributed by atoms with Crippen LogP contribution in [0.25, 0.3) is 0 Å². The standard InChI is InChI=1S/C25H22N4O5S/c1-15-22(24(32)34-14-17-6-4-3-5-7-17)35-25(26-15)29-23(31)19-13-21(30)28-20(27-19)12-16-8-10-18(33-2)11-9-16/h3-11,13H,12,14H2,1-2H3,(H,26,29,31)(H,27,28,30). The van der Waals surface area contributed by atoms with Gasteiger partial charge in [-0.1, -0.05) is 53.8 Å². The molecular weight excluding hydrogens is 468 g/mol. The highest BCUT2D eigenvalue weighted by molar-refractivity contribution is 7.17. The van der Waals surface area contributed by atoms with Crippen LogP contribution in [0.15, 0.2) is 65.5 Å². The van der Waals surface area contributed by atoms with Gasteiger partial charge in [-0.25, -0.2) is 14.8 Å². The molecule has 178 valence electrons. The van der Waals surface area contributed by atoms with Gasteiger partial charge in [-0.05, 0) is 30.2 Å². The Balaban J connectivity index is 1.43. The van der Waals surface area contributed by atoms with Gasteiger partial charge >= 0.3 is 5.97 Å². The van der Waals surface area contributed by atoms with Crippen LogP contribution in [0.2, 0.25) is 0 Å². The summed E-state index contributed by atoms with van der Waals surface area (Å²) in [6.07, 6.45) is 0.327. The largest absolute Gasteiger partial charge is 0.497 e. The smallest absolute Gasteiger partial charge is 0.350 e. The minimum Gasteiger partial charge on any atom is -0.497 e. The van der Waals surface area contributed by atoms with Gasteiger partial charge in [-0.2, -0.15) is 0 Å². The van der Waals surface area contributed by atoms with Crippen LogP contribution in [-0.4, -0.2) is 33.9 Å². The number of H-pyrrole nitrogens is 1. The Morgan fingerprint density at radius 1 is 1.03 bits per heavy atom. The van der Waals surface area contributed by atoms with Crippen LogP contribution in [-0.2, 0) is 17.8 Å². The molecule has 0 saturated carbocycles. The van der Waals surface area contributed by atoms with E-state index in [4.69, 9.17) is 9.47 Å². The number of carbonyl (C=O) groups is 2. The number of aryl methyl sites for hydroxylation is 1. The number of methoxy groups -OCH3 is 1. The van der Waals surface area contributed by atoms with Crippen molar-refractivity contribution < 1.29 is 19.1 Å². The summed E-state index contributed by atoms with van der Waals surface area (Å²) in [5.74, 6) is -0.0795. The molecule has 4 rings (SSSR count). The normalized spacial score (nSPS) is 10.6. The summed E-state index contributed by atoms with van der Waals surface area (Å²) in [6.45, 7) is 1.79. The van der Waals surface area contributed by atoms with E-state index < -0.39 is 17.4 Å². The number of nitrogens with zero attached hydrogens (tertiary/aromatic N) is 2. The van der Waals surface area contributed by atoms with E-state index in [2.05, 4.69) is 20.3 Å². The molecule has 1 amide bonds. The van der Waals surface area contributed by atoms with Gasteiger partial charge in [-0.15, -0.1) is 0 Å². The summed E-state index contributed by atoms with van der Waals surface area (Å²) in [5.41, 5.74) is 1.68. The number of hydrogen-bond acceptors (Lipinski definition) is 8. The van der Waals surface area contributed by atoms with Crippen molar-refractivity contribution in [1.82, 2.24) is 15.0 Å². The summed E-state index contributed by atoms with van der Waals surface area (Å²) in [7, 11) is 1.58. The summed E-state index contributed by atoms with van der Waals surface area (Å²) in [5, 5.41) is 2.82. The Bertz CT molecular complexity index is 1400. The van der Waals surface area contributed by atoms with Gasteiger partial charge in [0.15, 0.2) is 5.13 Å². The number of nitrogens with one attached hydrogen (secondary N) is 2. The molecule has 0 spiro atoms. The SMILES string of the molecule is COc1ccc(Cc2nc(C(=O)Nc3nc(C)c(C(=O)OCc4ccccc4)s3)cc(=O)[nH]2)cc1. The predicted molar refractivity (Wildman–Crippen MR) is 131 cm³/mol. The average molecular weight is 491 g/mol. The Hall–Kier alpha value is -4.31. The van der Waals surface area contributed by atoms with Crippen LogP contribution in [0.3, 0.4) is 0 Å². The van der Waals surface area contributed by atoms with Crippen LogP contribution in [0.1, 0.15) is 42.8 Å². The second-order valence-corrected chi connectivity index (χ2v) is 8.55. The highest BCUT2D eigenvalue weighted by Gasteiger charge is 2.19. The number of aromatic amines is 1. The van der Waals surface area contributed by atoms with Gasteiger partial charge in [0.05, 0.1) is 12.8 Å². The number of carbonyl (C=O) groups excluding carboxylic acids is 2. The molecule has 35 heavy (non-hydrogen) atoms. The van der Waals surface area contributed by atoms with Gasteiger partial charge in [0.25, 0.3) is 11.5 Å². The number of benzene rings is 2. The van der Waals surface area contributed by atoms with Crippen molar-refractivity contribution in [2.75, 3.05) is 12.4 Å². The van der Waals surface area contributed by atoms with E-state index in [-0.39, 0.29) is 22.3 Å². The molecule has 2 N–H and O–H groups in total. The third-order valence-corrected chi connectivity index (χ3v) is 6.02. The van der Waals surface area contributed by atoms with E-state index in [1.165, 1.54) is 0 Å². The van der Waals surface area contributed by atoms with Gasteiger partial charge in [0.1, 0.15) is 28.8 Å². The number of ether oxygens (including phenoxy) is 2. The van der Waals surface area contributed by atoms with Crippen molar-refractivity contribution in [3.05, 3.63) is 104 Å². The molecule has 2 heterocycles. The number of amides is 1. The summed E-state index contributed by atoms with van der Waals surface area (Å²) < 4.78 is 10.5. The highest BCUT2D eigenvalue weighted by Crippen LogP contribution is 2.24. The maximum atomic E-state index is 12.8. The molecule has 2 aromatic carbocycles. The third-order valence-electron chi connectivity index (χ3n) is 4.97. The second-order valence-electron chi connectivity index (χ2n) is 7.55. The van der Waals surface area contributed by atoms with Crippen LogP contribution in [0, 0.1) is 6.92 Å². The molecule has 0 aliphatic heterocycles. The lowest BCUT2D eigenvalue weighted by atomic mass is 10.1. The van der Waals surface area contributed by atoms with E-state index in [9.17, 15) is 14.4 Å². The first kappa shape index (κ1) is 23.8. The minimum atomic E-state index is -0.606. The molecular formula is C25H22N4O5S. The number of esters is 1. The lowest BCUT2D eigenvalue weighted by Gasteiger charge is -2.06. The van der Waals surface area contributed by atoms with Gasteiger partial charge in [0.2, 0.25) is 0 Å². The van der Waals surface area contributed by atoms with Crippen molar-refractivity contribution >= 4 is 28.3 Å². The lowest BCUT2D eigenvalue weighted by Crippen LogP contribution is -2.20. The van der Waals surface area contributed by atoms with Crippen molar-refractivity contribution in [2.45, 2.75) is 20.0 Å². The fourth-order valence-corrected chi connectivity index (χ4v) is 4.09. The Morgan fingerprint density at radius 2 is 1.77 bits per heavy atom. The van der Waals surface area contributed by atoms with E-state index in [1.807, 2.05) is 42.5 Å². The minimum absolute atomic E-state index is 0.0571. The average Bonchev–Trinajstić information content (AvgIpc) is 3.23. The quantitative estimate of drug-likeness (QED) is 0.361. The molecule has 0 aliphatic rings. The predicted octanol–water partition coefficient (Wildman–Crippen LogP) is 3.74.